The van der Waals surface area contributed by atoms with E-state index in [2.05, 4.69) is 5.32 Å². The Balaban J connectivity index is 1.32. The van der Waals surface area contributed by atoms with Crippen LogP contribution in [0.15, 0.2) is 23.1 Å². The van der Waals surface area contributed by atoms with E-state index in [1.165, 1.54) is 17.9 Å². The molecule has 2 aliphatic carbocycles. The van der Waals surface area contributed by atoms with Crippen molar-refractivity contribution in [2.75, 3.05) is 7.11 Å². The smallest absolute Gasteiger partial charge is 0.276 e. The van der Waals surface area contributed by atoms with Crippen LogP contribution >= 0.6 is 0 Å². The van der Waals surface area contributed by atoms with E-state index >= 15 is 0 Å². The van der Waals surface area contributed by atoms with E-state index in [1.807, 2.05) is 0 Å². The molecule has 1 aromatic carbocycles. The van der Waals surface area contributed by atoms with Crippen LogP contribution in [0.5, 0.6) is 5.75 Å². The first-order chi connectivity index (χ1) is 16.3. The number of ether oxygens (including phenoxy) is 2. The van der Waals surface area contributed by atoms with Crippen LogP contribution in [0.4, 0.5) is 13.2 Å². The second-order valence-electron chi connectivity index (χ2n) is 9.14. The summed E-state index contributed by atoms with van der Waals surface area (Å²) in [5.41, 5.74) is -1.67. The van der Waals surface area contributed by atoms with Gasteiger partial charge in [0.1, 0.15) is 23.0 Å². The molecule has 3 fully saturated rings. The topological polar surface area (TPSA) is 89.9 Å². The van der Waals surface area contributed by atoms with Crippen LogP contribution in [-0.2, 0) is 17.8 Å². The molecule has 0 spiro atoms. The highest BCUT2D eigenvalue weighted by molar-refractivity contribution is 5.99. The molecule has 34 heavy (non-hydrogen) atoms. The molecule has 1 N–H and O–H groups in total. The number of carbonyl (C=O) groups is 2. The molecule has 2 saturated carbocycles. The Labute approximate surface area is 191 Å². The third-order valence-electron chi connectivity index (χ3n) is 7.34. The molecule has 2 aliphatic heterocycles. The number of rotatable bonds is 4. The average Bonchev–Trinajstić information content (AvgIpc) is 3.53. The summed E-state index contributed by atoms with van der Waals surface area (Å²) in [5.74, 6) is -4.11. The molecule has 178 valence electrons. The van der Waals surface area contributed by atoms with Crippen molar-refractivity contribution in [1.29, 1.82) is 0 Å². The number of pyridine rings is 1. The van der Waals surface area contributed by atoms with Crippen LogP contribution < -0.4 is 15.5 Å². The number of nitrogens with zero attached hydrogens (tertiary/aromatic N) is 2. The van der Waals surface area contributed by atoms with E-state index in [1.54, 1.807) is 4.90 Å². The number of benzene rings is 1. The van der Waals surface area contributed by atoms with Gasteiger partial charge in [0.05, 0.1) is 19.8 Å². The second-order valence-corrected chi connectivity index (χ2v) is 9.14. The monoisotopic (exact) mass is 475 g/mol. The van der Waals surface area contributed by atoms with Gasteiger partial charge < -0.3 is 24.3 Å². The molecule has 1 aromatic heterocycles. The molecule has 8 nitrogen and oxygen atoms in total. The van der Waals surface area contributed by atoms with Gasteiger partial charge in [0.25, 0.3) is 11.8 Å². The number of amides is 2. The molecule has 2 bridgehead atoms. The molecule has 6 rings (SSSR count). The normalized spacial score (nSPS) is 28.2. The molecule has 0 radical (unpaired) electrons. The highest BCUT2D eigenvalue weighted by Gasteiger charge is 2.63. The van der Waals surface area contributed by atoms with E-state index in [4.69, 9.17) is 9.47 Å². The maximum Gasteiger partial charge on any atom is 0.276 e. The number of carbonyl (C=O) groups excluding carboxylic acids is 2. The van der Waals surface area contributed by atoms with Gasteiger partial charge in [-0.15, -0.1) is 0 Å². The molecule has 3 heterocycles. The van der Waals surface area contributed by atoms with E-state index in [0.717, 1.165) is 12.8 Å². The fourth-order valence-corrected chi connectivity index (χ4v) is 5.71. The molecule has 11 heteroatoms. The Morgan fingerprint density at radius 2 is 1.91 bits per heavy atom. The van der Waals surface area contributed by atoms with Gasteiger partial charge in [-0.2, -0.15) is 0 Å². The Morgan fingerprint density at radius 3 is 2.62 bits per heavy atom. The van der Waals surface area contributed by atoms with Crippen LogP contribution in [0.1, 0.15) is 39.3 Å². The summed E-state index contributed by atoms with van der Waals surface area (Å²) in [6, 6.07) is 1.07. The van der Waals surface area contributed by atoms with Crippen molar-refractivity contribution in [2.24, 2.45) is 11.8 Å². The molecular weight excluding hydrogens is 455 g/mol. The molecule has 4 aliphatic rings. The first kappa shape index (κ1) is 21.2. The minimum atomic E-state index is -1.16. The van der Waals surface area contributed by atoms with Crippen LogP contribution in [0.2, 0.25) is 0 Å². The Bertz CT molecular complexity index is 1290. The highest BCUT2D eigenvalue weighted by atomic mass is 19.1. The number of fused-ring (bicyclic) bond motifs is 8. The quantitative estimate of drug-likeness (QED) is 0.729. The molecule has 1 unspecified atom stereocenters. The van der Waals surface area contributed by atoms with Gasteiger partial charge in [0.15, 0.2) is 17.7 Å². The molecule has 2 amide bonds. The van der Waals surface area contributed by atoms with E-state index < -0.39 is 47.1 Å². The number of methoxy groups -OCH3 is 1. The van der Waals surface area contributed by atoms with Gasteiger partial charge in [-0.1, -0.05) is 0 Å². The van der Waals surface area contributed by atoms with Gasteiger partial charge in [-0.25, -0.2) is 13.2 Å². The first-order valence-corrected chi connectivity index (χ1v) is 11.0. The van der Waals surface area contributed by atoms with Crippen molar-refractivity contribution < 1.29 is 32.2 Å². The van der Waals surface area contributed by atoms with Crippen LogP contribution in [-0.4, -0.2) is 46.8 Å². The summed E-state index contributed by atoms with van der Waals surface area (Å²) in [6.07, 6.45) is 2.64. The Kier molecular flexibility index (Phi) is 4.57. The van der Waals surface area contributed by atoms with E-state index in [9.17, 15) is 27.6 Å². The largest absolute Gasteiger partial charge is 0.491 e. The predicted octanol–water partition coefficient (Wildman–Crippen LogP) is 1.79. The Hall–Kier alpha value is -3.34. The highest BCUT2D eigenvalue weighted by Crippen LogP contribution is 2.58. The van der Waals surface area contributed by atoms with Crippen molar-refractivity contribution >= 4 is 11.8 Å². The fourth-order valence-electron chi connectivity index (χ4n) is 5.71. The summed E-state index contributed by atoms with van der Waals surface area (Å²) in [4.78, 5) is 40.9. The van der Waals surface area contributed by atoms with E-state index in [-0.39, 0.29) is 41.6 Å². The maximum atomic E-state index is 13.9. The molecule has 2 aromatic rings. The number of hydrogen-bond donors (Lipinski definition) is 1. The fraction of sp³-hybridized carbons (Fsp3) is 0.435. The van der Waals surface area contributed by atoms with Crippen molar-refractivity contribution in [1.82, 2.24) is 14.8 Å². The minimum Gasteiger partial charge on any atom is -0.491 e. The van der Waals surface area contributed by atoms with Gasteiger partial charge >= 0.3 is 0 Å². The lowest BCUT2D eigenvalue weighted by molar-refractivity contribution is -0.144. The molecular formula is C23H20F3N3O5. The van der Waals surface area contributed by atoms with Crippen LogP contribution in [0.25, 0.3) is 0 Å². The predicted molar refractivity (Wildman–Crippen MR) is 110 cm³/mol. The SMILES string of the molecule is COc1c2n(cc(C(=O)NCc3c(F)cc(F)cc3F)c1=O)CC1O[C@H]3C[C@H]([C@@H]4C[C@@H]43)N1C2=O. The standard InChI is InChI=1S/C23H20F3N3O5/c1-33-21-19-23(32)29-16-5-17(11-4-10(11)16)34-18(29)8-28(19)7-13(20(21)30)22(31)27-6-12-14(25)2-9(24)3-15(12)26/h2-3,7,10-11,16-18H,4-6,8H2,1H3,(H,27,31)/t10-,11+,16-,17+,18?/m1/s1. The Morgan fingerprint density at radius 1 is 1.18 bits per heavy atom. The van der Waals surface area contributed by atoms with Crippen LogP contribution in [0.3, 0.4) is 0 Å². The minimum absolute atomic E-state index is 0.0436. The number of aromatic nitrogens is 1. The maximum absolute atomic E-state index is 13.9. The van der Waals surface area contributed by atoms with Gasteiger partial charge in [-0.05, 0) is 24.7 Å². The van der Waals surface area contributed by atoms with Crippen LogP contribution in [0, 0.1) is 29.3 Å². The summed E-state index contributed by atoms with van der Waals surface area (Å²) in [6.45, 7) is -0.392. The average molecular weight is 475 g/mol. The van der Waals surface area contributed by atoms with E-state index in [0.29, 0.717) is 24.0 Å². The van der Waals surface area contributed by atoms with Crippen molar-refractivity contribution in [3.8, 4) is 5.75 Å². The van der Waals surface area contributed by atoms with Gasteiger partial charge in [0.2, 0.25) is 5.43 Å². The lowest BCUT2D eigenvalue weighted by atomic mass is 10.0. The number of nitrogens with one attached hydrogen (secondary N) is 1. The summed E-state index contributed by atoms with van der Waals surface area (Å²) in [7, 11) is 1.23. The zero-order valence-corrected chi connectivity index (χ0v) is 18.0. The van der Waals surface area contributed by atoms with Gasteiger partial charge in [0, 0.05) is 36.5 Å². The zero-order chi connectivity index (χ0) is 23.9. The lowest BCUT2D eigenvalue weighted by Crippen LogP contribution is -2.58. The zero-order valence-electron chi connectivity index (χ0n) is 18.0. The number of halogens is 3. The first-order valence-electron chi connectivity index (χ1n) is 11.0. The number of hydrogen-bond acceptors (Lipinski definition) is 5. The second kappa shape index (κ2) is 7.33. The molecule has 1 saturated heterocycles. The third-order valence-corrected chi connectivity index (χ3v) is 7.34. The van der Waals surface area contributed by atoms with Crippen molar-refractivity contribution in [3.05, 3.63) is 62.8 Å². The van der Waals surface area contributed by atoms with Crippen molar-refractivity contribution in [3.63, 3.8) is 0 Å². The summed E-state index contributed by atoms with van der Waals surface area (Å²) < 4.78 is 53.8. The third kappa shape index (κ3) is 2.99. The van der Waals surface area contributed by atoms with Gasteiger partial charge in [-0.3, -0.25) is 14.4 Å². The summed E-state index contributed by atoms with van der Waals surface area (Å²) in [5, 5.41) is 2.28. The van der Waals surface area contributed by atoms with Crippen molar-refractivity contribution in [2.45, 2.75) is 44.3 Å². The summed E-state index contributed by atoms with van der Waals surface area (Å²) >= 11 is 0. The lowest BCUT2D eigenvalue weighted by Gasteiger charge is -2.45. The molecule has 5 atom stereocenters.